The van der Waals surface area contributed by atoms with Crippen molar-refractivity contribution in [3.8, 4) is 0 Å². The molecule has 0 bridgehead atoms. The summed E-state index contributed by atoms with van der Waals surface area (Å²) >= 11 is 0. The van der Waals surface area contributed by atoms with E-state index in [4.69, 9.17) is 0 Å². The second kappa shape index (κ2) is 8.03. The van der Waals surface area contributed by atoms with Crippen molar-refractivity contribution in [1.29, 1.82) is 0 Å². The molecule has 0 amide bonds. The Morgan fingerprint density at radius 2 is 0.853 bits per heavy atom. The molecule has 0 aromatic heterocycles. The number of carbonyl (C=O) groups is 1. The van der Waals surface area contributed by atoms with Crippen LogP contribution in [0.1, 0.15) is 10.4 Å². The first-order valence-corrected chi connectivity index (χ1v) is 7.74. The summed E-state index contributed by atoms with van der Waals surface area (Å²) < 4.78 is 225. The molecule has 0 saturated heterocycles. The highest BCUT2D eigenvalue weighted by Gasteiger charge is 2.96. The third kappa shape index (κ3) is 3.99. The first-order valence-electron chi connectivity index (χ1n) is 7.74. The highest BCUT2D eigenvalue weighted by molar-refractivity contribution is 5.89. The molecule has 34 heavy (non-hydrogen) atoms. The normalized spacial score (nSPS) is 16.7. The van der Waals surface area contributed by atoms with Gasteiger partial charge in [-0.3, -0.25) is 0 Å². The highest BCUT2D eigenvalue weighted by atomic mass is 19.4. The molecule has 19 heteroatoms. The maximum atomic E-state index is 14.2. The van der Waals surface area contributed by atoms with Crippen LogP contribution in [0.25, 0.3) is 0 Å². The number of rotatable bonds is 7. The van der Waals surface area contributed by atoms with Crippen molar-refractivity contribution in [3.05, 3.63) is 35.9 Å². The minimum atomic E-state index is -8.73. The van der Waals surface area contributed by atoms with Crippen LogP contribution in [0, 0.1) is 0 Å². The lowest BCUT2D eigenvalue weighted by Crippen LogP contribution is -2.75. The summed E-state index contributed by atoms with van der Waals surface area (Å²) in [5.41, 5.74) is -1.33. The monoisotopic (exact) mass is 540 g/mol. The van der Waals surface area contributed by atoms with E-state index in [1.807, 2.05) is 0 Å². The molecular weight excluding hydrogens is 535 g/mol. The fourth-order valence-corrected chi connectivity index (χ4v) is 2.03. The summed E-state index contributed by atoms with van der Waals surface area (Å²) in [7, 11) is 0. The SMILES string of the molecule is O=C(OC(F)(C(F)(F)F)C(F)(F)C(F)(F)C(F)(F)C(F)(F)C(F)(F)C(F)(F)F)c1ccccc1. The molecule has 1 aromatic carbocycles. The molecule has 1 unspecified atom stereocenters. The number of halogens is 17. The second-order valence-corrected chi connectivity index (χ2v) is 6.22. The maximum absolute atomic E-state index is 14.2. The van der Waals surface area contributed by atoms with Crippen LogP contribution in [-0.2, 0) is 4.74 Å². The van der Waals surface area contributed by atoms with Gasteiger partial charge in [0, 0.05) is 0 Å². The van der Waals surface area contributed by atoms with E-state index in [1.165, 1.54) is 0 Å². The van der Waals surface area contributed by atoms with Gasteiger partial charge in [0.2, 0.25) is 0 Å². The lowest BCUT2D eigenvalue weighted by molar-refractivity contribution is -0.476. The summed E-state index contributed by atoms with van der Waals surface area (Å²) in [5.74, 6) is -53.3. The predicted molar refractivity (Wildman–Crippen MR) is 72.5 cm³/mol. The van der Waals surface area contributed by atoms with Crippen LogP contribution in [0.4, 0.5) is 74.6 Å². The molecule has 2 nitrogen and oxygen atoms in total. The van der Waals surface area contributed by atoms with Crippen LogP contribution in [0.15, 0.2) is 30.3 Å². The summed E-state index contributed by atoms with van der Waals surface area (Å²) in [6.07, 6.45) is -15.5. The molecule has 196 valence electrons. The van der Waals surface area contributed by atoms with Gasteiger partial charge in [0.15, 0.2) is 0 Å². The van der Waals surface area contributed by atoms with Gasteiger partial charge in [-0.05, 0) is 12.1 Å². The number of benzene rings is 1. The number of hydrogen-bond acceptors (Lipinski definition) is 2. The van der Waals surface area contributed by atoms with Gasteiger partial charge in [-0.2, -0.15) is 74.6 Å². The molecule has 0 N–H and O–H groups in total. The lowest BCUT2D eigenvalue weighted by Gasteiger charge is -2.43. The summed E-state index contributed by atoms with van der Waals surface area (Å²) in [6, 6.07) is 3.23. The molecule has 0 aliphatic carbocycles. The third-order valence-electron chi connectivity index (χ3n) is 3.94. The molecule has 0 radical (unpaired) electrons. The highest BCUT2D eigenvalue weighted by Crippen LogP contribution is 2.64. The largest absolute Gasteiger partial charge is 0.467 e. The molecule has 1 aromatic rings. The van der Waals surface area contributed by atoms with E-state index in [2.05, 4.69) is 4.74 Å². The topological polar surface area (TPSA) is 26.3 Å². The van der Waals surface area contributed by atoms with Gasteiger partial charge >= 0.3 is 53.8 Å². The Labute approximate surface area is 175 Å². The van der Waals surface area contributed by atoms with E-state index < -0.39 is 59.4 Å². The predicted octanol–water partition coefficient (Wildman–Crippen LogP) is 6.81. The van der Waals surface area contributed by atoms with Gasteiger partial charge in [0.25, 0.3) is 0 Å². The van der Waals surface area contributed by atoms with Crippen LogP contribution < -0.4 is 0 Å². The van der Waals surface area contributed by atoms with Gasteiger partial charge < -0.3 is 4.74 Å². The van der Waals surface area contributed by atoms with Crippen LogP contribution in [0.3, 0.4) is 0 Å². The molecule has 0 spiro atoms. The molecule has 0 fully saturated rings. The molecule has 0 heterocycles. The fraction of sp³-hybridized carbons (Fsp3) is 0.533. The zero-order valence-electron chi connectivity index (χ0n) is 15.1. The van der Waals surface area contributed by atoms with Gasteiger partial charge in [-0.1, -0.05) is 18.2 Å². The van der Waals surface area contributed by atoms with Crippen molar-refractivity contribution < 1.29 is 84.2 Å². The molecule has 0 aliphatic heterocycles. The number of esters is 1. The Bertz CT molecular complexity index is 886. The van der Waals surface area contributed by atoms with Crippen molar-refractivity contribution in [2.45, 2.75) is 47.8 Å². The maximum Gasteiger partial charge on any atom is 0.467 e. The van der Waals surface area contributed by atoms with E-state index in [1.54, 1.807) is 0 Å². The van der Waals surface area contributed by atoms with Crippen molar-refractivity contribution in [1.82, 2.24) is 0 Å². The fourth-order valence-electron chi connectivity index (χ4n) is 2.03. The Kier molecular flexibility index (Phi) is 6.97. The zero-order valence-corrected chi connectivity index (χ0v) is 15.1. The Hall–Kier alpha value is -2.50. The van der Waals surface area contributed by atoms with Crippen LogP contribution in [-0.4, -0.2) is 53.8 Å². The minimum Gasteiger partial charge on any atom is -0.411 e. The van der Waals surface area contributed by atoms with E-state index in [9.17, 15) is 79.4 Å². The Morgan fingerprint density at radius 3 is 1.21 bits per heavy atom. The number of alkyl halides is 17. The Morgan fingerprint density at radius 1 is 0.500 bits per heavy atom. The van der Waals surface area contributed by atoms with E-state index in [-0.39, 0.29) is 0 Å². The van der Waals surface area contributed by atoms with Gasteiger partial charge in [-0.25, -0.2) is 4.79 Å². The minimum absolute atomic E-state index is 0.377. The van der Waals surface area contributed by atoms with E-state index in [0.29, 0.717) is 12.1 Å². The molecule has 0 aliphatic rings. The molecule has 1 rings (SSSR count). The number of ether oxygens (including phenoxy) is 1. The summed E-state index contributed by atoms with van der Waals surface area (Å²) in [6.45, 7) is 0. The van der Waals surface area contributed by atoms with Crippen LogP contribution in [0.5, 0.6) is 0 Å². The first kappa shape index (κ1) is 29.5. The lowest BCUT2D eigenvalue weighted by atomic mass is 9.90. The van der Waals surface area contributed by atoms with Crippen molar-refractivity contribution >= 4 is 5.97 Å². The van der Waals surface area contributed by atoms with Gasteiger partial charge in [0.1, 0.15) is 0 Å². The summed E-state index contributed by atoms with van der Waals surface area (Å²) in [5, 5.41) is 0. The van der Waals surface area contributed by atoms with E-state index >= 15 is 0 Å². The van der Waals surface area contributed by atoms with Crippen LogP contribution >= 0.6 is 0 Å². The average Bonchev–Trinajstić information content (AvgIpc) is 2.65. The molecule has 0 saturated carbocycles. The average molecular weight is 540 g/mol. The number of hydrogen-bond donors (Lipinski definition) is 0. The second-order valence-electron chi connectivity index (χ2n) is 6.22. The third-order valence-corrected chi connectivity index (χ3v) is 3.94. The van der Waals surface area contributed by atoms with E-state index in [0.717, 1.165) is 18.2 Å². The smallest absolute Gasteiger partial charge is 0.411 e. The summed E-state index contributed by atoms with van der Waals surface area (Å²) in [4.78, 5) is 11.5. The quantitative estimate of drug-likeness (QED) is 0.281. The van der Waals surface area contributed by atoms with Crippen LogP contribution in [0.2, 0.25) is 0 Å². The van der Waals surface area contributed by atoms with Gasteiger partial charge in [-0.15, -0.1) is 0 Å². The van der Waals surface area contributed by atoms with Gasteiger partial charge in [0.05, 0.1) is 5.56 Å². The zero-order chi connectivity index (χ0) is 27.4. The standard InChI is InChI=1S/C15H5F17O2/c16-8(17,10(20,21)12(24,25)14(27,28)29)9(18,19)11(22,23)13(26,15(30,31)32)34-7(33)6-4-2-1-3-5-6/h1-5H. The first-order chi connectivity index (χ1) is 14.7. The Balaban J connectivity index is 3.74. The van der Waals surface area contributed by atoms with Crippen molar-refractivity contribution in [3.63, 3.8) is 0 Å². The number of carbonyl (C=O) groups excluding carboxylic acids is 1. The molecule has 1 atom stereocenters. The molecular formula is C15H5F17O2. The van der Waals surface area contributed by atoms with Crippen molar-refractivity contribution in [2.75, 3.05) is 0 Å². The van der Waals surface area contributed by atoms with Crippen molar-refractivity contribution in [2.24, 2.45) is 0 Å².